The molecule has 14 heteroatoms. The predicted molar refractivity (Wildman–Crippen MR) is 147 cm³/mol. The van der Waals surface area contributed by atoms with E-state index in [1.54, 1.807) is 12.1 Å². The summed E-state index contributed by atoms with van der Waals surface area (Å²) in [5, 5.41) is 12.0. The highest BCUT2D eigenvalue weighted by atomic mass is 35.5. The largest absolute Gasteiger partial charge is 0.465 e. The molecule has 42 heavy (non-hydrogen) atoms. The number of carbonyl (C=O) groups excluding carboxylic acids is 3. The van der Waals surface area contributed by atoms with E-state index in [9.17, 15) is 32.8 Å². The first-order valence-corrected chi connectivity index (χ1v) is 13.7. The number of pyridine rings is 2. The number of alkyl halides is 2. The zero-order chi connectivity index (χ0) is 30.2. The van der Waals surface area contributed by atoms with Crippen molar-refractivity contribution >= 4 is 51.2 Å². The molecule has 3 radical (unpaired) electrons. The molecular formula is C28H22ClF3N6O3Si+. The van der Waals surface area contributed by atoms with E-state index >= 15 is 0 Å². The van der Waals surface area contributed by atoms with Gasteiger partial charge >= 0.3 is 16.3 Å². The third kappa shape index (κ3) is 5.40. The number of nitrogens with zero attached hydrogens (tertiary/aromatic N) is 5. The SMILES string of the molecule is N#Cc1ccnc(N2C(=O)CC[C@H]2C(=O)[N+]([Si])(c2cncc(F)c2)C(C(=O)NC2CC(F)(F)C2)c2ccccc2Cl)c1. The van der Waals surface area contributed by atoms with Crippen LogP contribution >= 0.6 is 11.6 Å². The molecule has 1 aliphatic heterocycles. The van der Waals surface area contributed by atoms with E-state index in [0.29, 0.717) is 0 Å². The van der Waals surface area contributed by atoms with Gasteiger partial charge in [0.1, 0.15) is 17.3 Å². The second-order valence-corrected chi connectivity index (χ2v) is 11.3. The maximum absolute atomic E-state index is 14.7. The van der Waals surface area contributed by atoms with Gasteiger partial charge in [-0.15, -0.1) is 0 Å². The second-order valence-electron chi connectivity index (χ2n) is 10.1. The van der Waals surface area contributed by atoms with Crippen molar-refractivity contribution in [2.45, 2.75) is 49.7 Å². The number of benzene rings is 1. The maximum Gasteiger partial charge on any atom is 0.465 e. The Morgan fingerprint density at radius 1 is 1.21 bits per heavy atom. The minimum absolute atomic E-state index is 0.00899. The van der Waals surface area contributed by atoms with Crippen molar-refractivity contribution in [1.29, 1.82) is 5.26 Å². The van der Waals surface area contributed by atoms with Crippen LogP contribution in [0, 0.1) is 17.1 Å². The number of anilines is 1. The summed E-state index contributed by atoms with van der Waals surface area (Å²) < 4.78 is 40.8. The summed E-state index contributed by atoms with van der Waals surface area (Å²) in [5.41, 5.74) is 0.217. The molecule has 0 bridgehead atoms. The molecule has 3 atom stereocenters. The van der Waals surface area contributed by atoms with Crippen LogP contribution in [0.4, 0.5) is 24.7 Å². The quantitative estimate of drug-likeness (QED) is 0.406. The highest BCUT2D eigenvalue weighted by Gasteiger charge is 2.56. The van der Waals surface area contributed by atoms with Gasteiger partial charge in [-0.1, -0.05) is 29.8 Å². The molecule has 1 N–H and O–H groups in total. The Morgan fingerprint density at radius 3 is 2.62 bits per heavy atom. The first-order valence-electron chi connectivity index (χ1n) is 12.8. The van der Waals surface area contributed by atoms with Gasteiger partial charge in [0.2, 0.25) is 5.91 Å². The first-order chi connectivity index (χ1) is 19.9. The zero-order valence-electron chi connectivity index (χ0n) is 21.8. The third-order valence-corrected chi connectivity index (χ3v) is 8.42. The number of aromatic nitrogens is 2. The highest BCUT2D eigenvalue weighted by molar-refractivity contribution is 6.33. The highest BCUT2D eigenvalue weighted by Crippen LogP contribution is 2.42. The molecule has 1 aliphatic carbocycles. The van der Waals surface area contributed by atoms with Gasteiger partial charge in [-0.25, -0.2) is 22.9 Å². The minimum atomic E-state index is -2.93. The molecule has 2 aliphatic rings. The van der Waals surface area contributed by atoms with Gasteiger partial charge in [0.15, 0.2) is 12.1 Å². The summed E-state index contributed by atoms with van der Waals surface area (Å²) in [6.45, 7) is 0. The van der Waals surface area contributed by atoms with E-state index < -0.39 is 64.6 Å². The van der Waals surface area contributed by atoms with E-state index in [1.165, 1.54) is 36.7 Å². The number of halogens is 4. The molecule has 3 amide bonds. The molecule has 5 rings (SSSR count). The smallest absolute Gasteiger partial charge is 0.347 e. The summed E-state index contributed by atoms with van der Waals surface area (Å²) >= 11 is 6.53. The fourth-order valence-corrected chi connectivity index (χ4v) is 6.09. The van der Waals surface area contributed by atoms with Crippen LogP contribution in [0.3, 0.4) is 0 Å². The summed E-state index contributed by atoms with van der Waals surface area (Å²) in [7, 11) is 3.52. The van der Waals surface area contributed by atoms with E-state index in [4.69, 9.17) is 11.6 Å². The predicted octanol–water partition coefficient (Wildman–Crippen LogP) is 3.91. The number of nitriles is 1. The van der Waals surface area contributed by atoms with Crippen LogP contribution in [-0.2, 0) is 14.4 Å². The fourth-order valence-electron chi connectivity index (χ4n) is 5.32. The molecule has 1 aromatic carbocycles. The van der Waals surface area contributed by atoms with Crippen molar-refractivity contribution in [3.05, 3.63) is 83.0 Å². The molecule has 1 saturated carbocycles. The van der Waals surface area contributed by atoms with Gasteiger partial charge in [-0.3, -0.25) is 23.6 Å². The normalized spacial score (nSPS) is 20.2. The Morgan fingerprint density at radius 2 is 1.95 bits per heavy atom. The number of hydrogen-bond donors (Lipinski definition) is 1. The number of quaternary nitrogens is 1. The lowest BCUT2D eigenvalue weighted by Gasteiger charge is -2.42. The van der Waals surface area contributed by atoms with E-state index in [-0.39, 0.29) is 40.5 Å². The first kappa shape index (κ1) is 29.4. The van der Waals surface area contributed by atoms with Crippen LogP contribution in [0.5, 0.6) is 0 Å². The third-order valence-electron chi connectivity index (χ3n) is 7.34. The van der Waals surface area contributed by atoms with Crippen LogP contribution in [-0.4, -0.2) is 56.1 Å². The molecule has 3 aromatic rings. The summed E-state index contributed by atoms with van der Waals surface area (Å²) in [4.78, 5) is 50.9. The van der Waals surface area contributed by atoms with Gasteiger partial charge in [-0.05, 0) is 24.6 Å². The topological polar surface area (TPSA) is 116 Å². The number of hydrogen-bond acceptors (Lipinski definition) is 6. The molecule has 0 spiro atoms. The number of rotatable bonds is 7. The molecule has 2 fully saturated rings. The molecule has 2 unspecified atom stereocenters. The molecular weight excluding hydrogens is 589 g/mol. The zero-order valence-corrected chi connectivity index (χ0v) is 23.6. The van der Waals surface area contributed by atoms with Crippen molar-refractivity contribution in [3.63, 3.8) is 0 Å². The number of carbonyl (C=O) groups is 3. The Balaban J connectivity index is 1.66. The van der Waals surface area contributed by atoms with Crippen LogP contribution < -0.4 is 14.4 Å². The summed E-state index contributed by atoms with van der Waals surface area (Å²) in [6, 6.07) is 8.23. The molecule has 2 aromatic heterocycles. The minimum Gasteiger partial charge on any atom is -0.347 e. The molecule has 3 heterocycles. The standard InChI is InChI=1S/C28H22ClF3N6O3Si/c29-21-4-2-1-3-20(21)25(26(40)36-18-11-28(31,32)12-18)38(42,19-10-17(30)14-34-15-19)27(41)22-5-6-24(39)37(22)23-9-16(13-33)7-8-35-23/h1-4,7-10,14-15,18,22,25H,5-6,11-12H2,(H,36,40)/q+1/t22-,25?,38?/m0/s1. The average molecular weight is 611 g/mol. The van der Waals surface area contributed by atoms with Crippen molar-refractivity contribution in [2.24, 2.45) is 0 Å². The lowest BCUT2D eigenvalue weighted by atomic mass is 9.87. The Hall–Kier alpha value is -4.12. The molecule has 213 valence electrons. The van der Waals surface area contributed by atoms with Gasteiger partial charge < -0.3 is 5.32 Å². The van der Waals surface area contributed by atoms with E-state index in [1.807, 2.05) is 6.07 Å². The van der Waals surface area contributed by atoms with Crippen LogP contribution in [0.25, 0.3) is 0 Å². The van der Waals surface area contributed by atoms with Crippen LogP contribution in [0.15, 0.2) is 61.1 Å². The van der Waals surface area contributed by atoms with Crippen LogP contribution in [0.2, 0.25) is 5.02 Å². The molecule has 1 saturated heterocycles. The van der Waals surface area contributed by atoms with Crippen molar-refractivity contribution in [3.8, 4) is 6.07 Å². The number of amides is 3. The fraction of sp³-hybridized carbons (Fsp3) is 0.286. The second kappa shape index (κ2) is 11.3. The van der Waals surface area contributed by atoms with Gasteiger partial charge in [0, 0.05) is 43.1 Å². The number of nitrogens with one attached hydrogen (secondary N) is 1. The van der Waals surface area contributed by atoms with Crippen molar-refractivity contribution < 1.29 is 27.6 Å². The lowest BCUT2D eigenvalue weighted by Crippen LogP contribution is -2.65. The molecule has 9 nitrogen and oxygen atoms in total. The van der Waals surface area contributed by atoms with Crippen molar-refractivity contribution in [1.82, 2.24) is 19.4 Å². The van der Waals surface area contributed by atoms with Gasteiger partial charge in [0.05, 0.1) is 29.0 Å². The van der Waals surface area contributed by atoms with Gasteiger partial charge in [0.25, 0.3) is 11.8 Å². The Labute approximate surface area is 247 Å². The monoisotopic (exact) mass is 610 g/mol. The summed E-state index contributed by atoms with van der Waals surface area (Å²) in [6.07, 6.45) is 2.19. The summed E-state index contributed by atoms with van der Waals surface area (Å²) in [5.74, 6) is -5.79. The Kier molecular flexibility index (Phi) is 7.89. The van der Waals surface area contributed by atoms with Gasteiger partial charge in [-0.2, -0.15) is 5.26 Å². The van der Waals surface area contributed by atoms with E-state index in [2.05, 4.69) is 25.7 Å². The van der Waals surface area contributed by atoms with Crippen molar-refractivity contribution in [2.75, 3.05) is 4.90 Å². The average Bonchev–Trinajstić information content (AvgIpc) is 3.33. The van der Waals surface area contributed by atoms with Crippen LogP contribution in [0.1, 0.15) is 42.9 Å². The maximum atomic E-state index is 14.7. The van der Waals surface area contributed by atoms with E-state index in [0.717, 1.165) is 17.2 Å². The lowest BCUT2D eigenvalue weighted by molar-refractivity contribution is -0.139. The Bertz CT molecular complexity index is 1610.